The standard InChI is InChI=1S/C25H22ClN3O6/c1-33-21-12-7-18(13-22(21)34-2)24(31)27-15-23(30)29-28-14-16-3-10-20(11-4-16)35-25(32)17-5-8-19(26)9-6-17/h3-14H,15H2,1-2H3,(H,27,31)(H,29,30)/b28-14-. The SMILES string of the molecule is COc1ccc(C(=O)NCC(=O)N/N=C\c2ccc(OC(=O)c3ccc(Cl)cc3)cc2)cc1OC. The molecule has 10 heteroatoms. The minimum Gasteiger partial charge on any atom is -0.493 e. The lowest BCUT2D eigenvalue weighted by Gasteiger charge is -2.09. The second-order valence-corrected chi connectivity index (χ2v) is 7.45. The van der Waals surface area contributed by atoms with Crippen LogP contribution in [-0.2, 0) is 4.79 Å². The van der Waals surface area contributed by atoms with Gasteiger partial charge < -0.3 is 19.5 Å². The number of hydrazone groups is 1. The second-order valence-electron chi connectivity index (χ2n) is 7.01. The van der Waals surface area contributed by atoms with Crippen molar-refractivity contribution in [2.24, 2.45) is 5.10 Å². The molecule has 0 saturated heterocycles. The first-order chi connectivity index (χ1) is 16.9. The van der Waals surface area contributed by atoms with Crippen LogP contribution in [0.2, 0.25) is 5.02 Å². The van der Waals surface area contributed by atoms with Gasteiger partial charge in [-0.25, -0.2) is 10.2 Å². The summed E-state index contributed by atoms with van der Waals surface area (Å²) in [5.41, 5.74) is 3.68. The van der Waals surface area contributed by atoms with Gasteiger partial charge >= 0.3 is 5.97 Å². The molecular weight excluding hydrogens is 474 g/mol. The van der Waals surface area contributed by atoms with Crippen molar-refractivity contribution in [1.29, 1.82) is 0 Å². The molecule has 0 fully saturated rings. The molecule has 0 spiro atoms. The van der Waals surface area contributed by atoms with E-state index in [0.717, 1.165) is 0 Å². The fourth-order valence-electron chi connectivity index (χ4n) is 2.83. The lowest BCUT2D eigenvalue weighted by atomic mass is 10.2. The summed E-state index contributed by atoms with van der Waals surface area (Å²) in [7, 11) is 2.96. The summed E-state index contributed by atoms with van der Waals surface area (Å²) in [5.74, 6) is -0.226. The molecule has 35 heavy (non-hydrogen) atoms. The van der Waals surface area contributed by atoms with Crippen LogP contribution in [0.5, 0.6) is 17.2 Å². The van der Waals surface area contributed by atoms with Gasteiger partial charge in [0.05, 0.1) is 32.5 Å². The Morgan fingerprint density at radius 3 is 2.20 bits per heavy atom. The zero-order chi connectivity index (χ0) is 25.2. The molecule has 0 aliphatic heterocycles. The average Bonchev–Trinajstić information content (AvgIpc) is 2.88. The molecule has 0 aliphatic rings. The maximum absolute atomic E-state index is 12.3. The normalized spacial score (nSPS) is 10.5. The van der Waals surface area contributed by atoms with Crippen molar-refractivity contribution in [3.8, 4) is 17.2 Å². The van der Waals surface area contributed by atoms with Crippen LogP contribution in [0.3, 0.4) is 0 Å². The van der Waals surface area contributed by atoms with Crippen LogP contribution in [-0.4, -0.2) is 44.8 Å². The summed E-state index contributed by atoms with van der Waals surface area (Å²) in [4.78, 5) is 36.4. The van der Waals surface area contributed by atoms with E-state index in [2.05, 4.69) is 15.8 Å². The van der Waals surface area contributed by atoms with Crippen LogP contribution >= 0.6 is 11.6 Å². The zero-order valence-electron chi connectivity index (χ0n) is 18.9. The highest BCUT2D eigenvalue weighted by Gasteiger charge is 2.12. The number of ether oxygens (including phenoxy) is 3. The van der Waals surface area contributed by atoms with Gasteiger partial charge in [0, 0.05) is 10.6 Å². The second kappa shape index (κ2) is 12.2. The van der Waals surface area contributed by atoms with Crippen LogP contribution in [0.4, 0.5) is 0 Å². The molecule has 3 aromatic carbocycles. The molecule has 0 saturated carbocycles. The number of hydrogen-bond acceptors (Lipinski definition) is 7. The number of benzene rings is 3. The first-order valence-electron chi connectivity index (χ1n) is 10.3. The van der Waals surface area contributed by atoms with Crippen LogP contribution in [0.15, 0.2) is 71.8 Å². The highest BCUT2D eigenvalue weighted by molar-refractivity contribution is 6.30. The molecule has 3 aromatic rings. The molecule has 0 radical (unpaired) electrons. The van der Waals surface area contributed by atoms with E-state index in [1.165, 1.54) is 26.5 Å². The fraction of sp³-hybridized carbons (Fsp3) is 0.120. The van der Waals surface area contributed by atoms with Crippen molar-refractivity contribution < 1.29 is 28.6 Å². The summed E-state index contributed by atoms with van der Waals surface area (Å²) in [6.45, 7) is -0.274. The molecule has 3 rings (SSSR count). The average molecular weight is 496 g/mol. The number of nitrogens with zero attached hydrogens (tertiary/aromatic N) is 1. The molecule has 0 unspecified atom stereocenters. The first-order valence-corrected chi connectivity index (χ1v) is 10.7. The highest BCUT2D eigenvalue weighted by Crippen LogP contribution is 2.27. The maximum atomic E-state index is 12.3. The predicted octanol–water partition coefficient (Wildman–Crippen LogP) is 3.46. The van der Waals surface area contributed by atoms with E-state index in [4.69, 9.17) is 25.8 Å². The monoisotopic (exact) mass is 495 g/mol. The Hall–Kier alpha value is -4.37. The van der Waals surface area contributed by atoms with Gasteiger partial charge in [0.1, 0.15) is 5.75 Å². The van der Waals surface area contributed by atoms with E-state index < -0.39 is 17.8 Å². The Bertz CT molecular complexity index is 1230. The van der Waals surface area contributed by atoms with Crippen LogP contribution < -0.4 is 25.0 Å². The third-order valence-electron chi connectivity index (χ3n) is 4.63. The van der Waals surface area contributed by atoms with Gasteiger partial charge in [-0.05, 0) is 72.3 Å². The number of nitrogens with one attached hydrogen (secondary N) is 2. The van der Waals surface area contributed by atoms with Gasteiger partial charge in [0.2, 0.25) is 0 Å². The summed E-state index contributed by atoms with van der Waals surface area (Å²) in [6.07, 6.45) is 1.42. The number of rotatable bonds is 9. The van der Waals surface area contributed by atoms with Gasteiger partial charge in [-0.15, -0.1) is 0 Å². The zero-order valence-corrected chi connectivity index (χ0v) is 19.7. The molecular formula is C25H22ClN3O6. The van der Waals surface area contributed by atoms with Crippen molar-refractivity contribution in [3.63, 3.8) is 0 Å². The van der Waals surface area contributed by atoms with Gasteiger partial charge in [-0.1, -0.05) is 11.6 Å². The molecule has 2 N–H and O–H groups in total. The van der Waals surface area contributed by atoms with Crippen LogP contribution in [0, 0.1) is 0 Å². The first kappa shape index (κ1) is 25.3. The van der Waals surface area contributed by atoms with Gasteiger partial charge in [-0.2, -0.15) is 5.10 Å². The Balaban J connectivity index is 1.46. The van der Waals surface area contributed by atoms with E-state index in [1.54, 1.807) is 60.7 Å². The van der Waals surface area contributed by atoms with E-state index in [1.807, 2.05) is 0 Å². The Kier molecular flexibility index (Phi) is 8.80. The Morgan fingerprint density at radius 2 is 1.54 bits per heavy atom. The largest absolute Gasteiger partial charge is 0.493 e. The number of halogens is 1. The topological polar surface area (TPSA) is 115 Å². The Morgan fingerprint density at radius 1 is 0.886 bits per heavy atom. The summed E-state index contributed by atoms with van der Waals surface area (Å²) < 4.78 is 15.6. The quantitative estimate of drug-likeness (QED) is 0.203. The number of amides is 2. The minimum absolute atomic E-state index is 0.274. The molecule has 0 aromatic heterocycles. The van der Waals surface area contributed by atoms with Crippen molar-refractivity contribution >= 4 is 35.6 Å². The van der Waals surface area contributed by atoms with Crippen molar-refractivity contribution in [3.05, 3.63) is 88.4 Å². The minimum atomic E-state index is -0.511. The van der Waals surface area contributed by atoms with Gasteiger partial charge in [-0.3, -0.25) is 9.59 Å². The third-order valence-corrected chi connectivity index (χ3v) is 4.88. The number of hydrogen-bond donors (Lipinski definition) is 2. The molecule has 2 amide bonds. The summed E-state index contributed by atoms with van der Waals surface area (Å²) >= 11 is 5.81. The molecule has 0 atom stereocenters. The highest BCUT2D eigenvalue weighted by atomic mass is 35.5. The van der Waals surface area contributed by atoms with E-state index in [9.17, 15) is 14.4 Å². The fourth-order valence-corrected chi connectivity index (χ4v) is 2.96. The van der Waals surface area contributed by atoms with E-state index in [0.29, 0.717) is 39.0 Å². The molecule has 0 bridgehead atoms. The van der Waals surface area contributed by atoms with E-state index >= 15 is 0 Å². The lowest BCUT2D eigenvalue weighted by molar-refractivity contribution is -0.120. The number of carbonyl (C=O) groups is 3. The van der Waals surface area contributed by atoms with Crippen molar-refractivity contribution in [1.82, 2.24) is 10.7 Å². The third kappa shape index (κ3) is 7.31. The van der Waals surface area contributed by atoms with Crippen molar-refractivity contribution in [2.75, 3.05) is 20.8 Å². The molecule has 9 nitrogen and oxygen atoms in total. The summed E-state index contributed by atoms with van der Waals surface area (Å²) in [5, 5.41) is 6.88. The molecule has 0 heterocycles. The number of methoxy groups -OCH3 is 2. The number of carbonyl (C=O) groups excluding carboxylic acids is 3. The van der Waals surface area contributed by atoms with Crippen LogP contribution in [0.25, 0.3) is 0 Å². The van der Waals surface area contributed by atoms with E-state index in [-0.39, 0.29) is 6.54 Å². The maximum Gasteiger partial charge on any atom is 0.343 e. The number of esters is 1. The van der Waals surface area contributed by atoms with Crippen LogP contribution in [0.1, 0.15) is 26.3 Å². The Labute approximate surface area is 206 Å². The predicted molar refractivity (Wildman–Crippen MR) is 130 cm³/mol. The van der Waals surface area contributed by atoms with Crippen molar-refractivity contribution in [2.45, 2.75) is 0 Å². The summed E-state index contributed by atoms with van der Waals surface area (Å²) in [6, 6.07) is 17.6. The molecule has 180 valence electrons. The molecule has 0 aliphatic carbocycles. The smallest absolute Gasteiger partial charge is 0.343 e. The van der Waals surface area contributed by atoms with Gasteiger partial charge in [0.25, 0.3) is 11.8 Å². The lowest BCUT2D eigenvalue weighted by Crippen LogP contribution is -2.34. The van der Waals surface area contributed by atoms with Gasteiger partial charge in [0.15, 0.2) is 11.5 Å².